The summed E-state index contributed by atoms with van der Waals surface area (Å²) in [4.78, 5) is 10.0. The van der Waals surface area contributed by atoms with Crippen molar-refractivity contribution < 1.29 is 22.6 Å². The maximum atomic E-state index is 12.8. The number of hydrogen-bond donors (Lipinski definition) is 0. The van der Waals surface area contributed by atoms with E-state index < -0.39 is 11.7 Å². The van der Waals surface area contributed by atoms with Gasteiger partial charge in [0.05, 0.1) is 25.0 Å². The largest absolute Gasteiger partial charge is 0.469 e. The number of aromatic nitrogens is 2. The smallest absolute Gasteiger partial charge is 0.416 e. The van der Waals surface area contributed by atoms with Crippen LogP contribution in [0.5, 0.6) is 5.88 Å². The summed E-state index contributed by atoms with van der Waals surface area (Å²) in [5.41, 5.74) is -0.0293. The fraction of sp³-hybridized carbons (Fsp3) is 0.412. The fourth-order valence-corrected chi connectivity index (χ4v) is 2.68. The molecule has 1 aliphatic rings. The van der Waals surface area contributed by atoms with Gasteiger partial charge < -0.3 is 9.47 Å². The number of rotatable bonds is 4. The number of hydrogen-bond acceptors (Lipinski definition) is 5. The first-order valence-corrected chi connectivity index (χ1v) is 7.89. The molecule has 2 heterocycles. The quantitative estimate of drug-likeness (QED) is 0.846. The number of halogens is 3. The summed E-state index contributed by atoms with van der Waals surface area (Å²) in [6, 6.07) is 5.39. The molecule has 0 spiro atoms. The van der Waals surface area contributed by atoms with Gasteiger partial charge in [-0.25, -0.2) is 4.98 Å². The monoisotopic (exact) mass is 353 g/mol. The molecule has 2 aromatic rings. The zero-order chi connectivity index (χ0) is 17.7. The first-order chi connectivity index (χ1) is 12.0. The first-order valence-electron chi connectivity index (χ1n) is 7.89. The van der Waals surface area contributed by atoms with Crippen LogP contribution in [0.4, 0.5) is 13.2 Å². The van der Waals surface area contributed by atoms with E-state index in [9.17, 15) is 13.2 Å². The maximum Gasteiger partial charge on any atom is 0.416 e. The summed E-state index contributed by atoms with van der Waals surface area (Å²) < 4.78 is 49.8. The SMILES string of the molecule is FC(F)(F)c1cccc(CN2CCOC[C@H](Oc3cnccn3)C2)c1. The lowest BCUT2D eigenvalue weighted by Gasteiger charge is -2.24. The van der Waals surface area contributed by atoms with Gasteiger partial charge in [-0.3, -0.25) is 9.88 Å². The number of alkyl halides is 3. The van der Waals surface area contributed by atoms with Crippen molar-refractivity contribution in [2.24, 2.45) is 0 Å². The molecule has 0 N–H and O–H groups in total. The van der Waals surface area contributed by atoms with Gasteiger partial charge in [-0.05, 0) is 11.6 Å². The van der Waals surface area contributed by atoms with Crippen molar-refractivity contribution in [1.82, 2.24) is 14.9 Å². The van der Waals surface area contributed by atoms with E-state index in [2.05, 4.69) is 9.97 Å². The molecule has 1 aromatic heterocycles. The van der Waals surface area contributed by atoms with E-state index in [-0.39, 0.29) is 6.10 Å². The standard InChI is InChI=1S/C17H18F3N3O2/c18-17(19,20)14-3-1-2-13(8-14)10-23-6-7-24-12-15(11-23)25-16-9-21-4-5-22-16/h1-5,8-9,15H,6-7,10-12H2/t15-/m1/s1. The predicted octanol–water partition coefficient (Wildman–Crippen LogP) is 2.78. The average molecular weight is 353 g/mol. The Bertz CT molecular complexity index is 682. The Morgan fingerprint density at radius 3 is 2.92 bits per heavy atom. The zero-order valence-electron chi connectivity index (χ0n) is 13.4. The summed E-state index contributed by atoms with van der Waals surface area (Å²) in [6.45, 7) is 2.45. The van der Waals surface area contributed by atoms with E-state index in [1.165, 1.54) is 24.5 Å². The molecule has 1 atom stereocenters. The van der Waals surface area contributed by atoms with Crippen molar-refractivity contribution >= 4 is 0 Å². The third-order valence-electron chi connectivity index (χ3n) is 3.80. The van der Waals surface area contributed by atoms with Gasteiger partial charge in [-0.1, -0.05) is 18.2 Å². The van der Waals surface area contributed by atoms with E-state index in [0.29, 0.717) is 44.3 Å². The molecule has 0 unspecified atom stereocenters. The van der Waals surface area contributed by atoms with E-state index in [1.54, 1.807) is 12.3 Å². The normalized spacial score (nSPS) is 19.4. The second kappa shape index (κ2) is 7.79. The van der Waals surface area contributed by atoms with Crippen LogP contribution in [0.25, 0.3) is 0 Å². The van der Waals surface area contributed by atoms with Crippen LogP contribution in [0, 0.1) is 0 Å². The van der Waals surface area contributed by atoms with Gasteiger partial charge >= 0.3 is 6.18 Å². The minimum absolute atomic E-state index is 0.259. The summed E-state index contributed by atoms with van der Waals surface area (Å²) in [7, 11) is 0. The van der Waals surface area contributed by atoms with Crippen LogP contribution in [0.3, 0.4) is 0 Å². The second-order valence-electron chi connectivity index (χ2n) is 5.79. The molecule has 134 valence electrons. The van der Waals surface area contributed by atoms with Gasteiger partial charge in [0.25, 0.3) is 0 Å². The Morgan fingerprint density at radius 1 is 1.28 bits per heavy atom. The minimum atomic E-state index is -4.34. The lowest BCUT2D eigenvalue weighted by molar-refractivity contribution is -0.137. The van der Waals surface area contributed by atoms with E-state index in [4.69, 9.17) is 9.47 Å². The molecular weight excluding hydrogens is 335 g/mol. The summed E-state index contributed by atoms with van der Waals surface area (Å²) in [6.07, 6.45) is 0.00588. The lowest BCUT2D eigenvalue weighted by atomic mass is 10.1. The molecule has 1 aliphatic heterocycles. The minimum Gasteiger partial charge on any atom is -0.469 e. The van der Waals surface area contributed by atoms with E-state index in [1.807, 2.05) is 4.90 Å². The van der Waals surface area contributed by atoms with Gasteiger partial charge in [-0.15, -0.1) is 0 Å². The predicted molar refractivity (Wildman–Crippen MR) is 84.0 cm³/mol. The van der Waals surface area contributed by atoms with Crippen LogP contribution >= 0.6 is 0 Å². The molecule has 0 radical (unpaired) electrons. The molecule has 3 rings (SSSR count). The highest BCUT2D eigenvalue weighted by molar-refractivity contribution is 5.25. The molecule has 1 saturated heterocycles. The summed E-state index contributed by atoms with van der Waals surface area (Å²) in [5, 5.41) is 0. The number of ether oxygens (including phenoxy) is 2. The Labute approximate surface area is 143 Å². The molecule has 5 nitrogen and oxygen atoms in total. The van der Waals surface area contributed by atoms with Gasteiger partial charge in [0, 0.05) is 32.0 Å². The highest BCUT2D eigenvalue weighted by atomic mass is 19.4. The van der Waals surface area contributed by atoms with Gasteiger partial charge in [0.1, 0.15) is 6.10 Å². The average Bonchev–Trinajstić information content (AvgIpc) is 2.80. The Balaban J connectivity index is 1.65. The fourth-order valence-electron chi connectivity index (χ4n) is 2.68. The third kappa shape index (κ3) is 5.14. The highest BCUT2D eigenvalue weighted by Crippen LogP contribution is 2.29. The van der Waals surface area contributed by atoms with E-state index >= 15 is 0 Å². The molecule has 0 saturated carbocycles. The van der Waals surface area contributed by atoms with Crippen molar-refractivity contribution in [2.45, 2.75) is 18.8 Å². The number of nitrogens with zero attached hydrogens (tertiary/aromatic N) is 3. The molecule has 0 amide bonds. The molecule has 0 bridgehead atoms. The van der Waals surface area contributed by atoms with E-state index in [0.717, 1.165) is 6.07 Å². The maximum absolute atomic E-state index is 12.8. The Kier molecular flexibility index (Phi) is 5.50. The Hall–Kier alpha value is -2.19. The van der Waals surface area contributed by atoms with Crippen LogP contribution in [-0.2, 0) is 17.5 Å². The molecular formula is C17H18F3N3O2. The van der Waals surface area contributed by atoms with Crippen LogP contribution in [0.15, 0.2) is 42.9 Å². The molecule has 0 aliphatic carbocycles. The number of benzene rings is 1. The zero-order valence-corrected chi connectivity index (χ0v) is 13.4. The van der Waals surface area contributed by atoms with Crippen molar-refractivity contribution in [3.63, 3.8) is 0 Å². The van der Waals surface area contributed by atoms with Crippen molar-refractivity contribution in [2.75, 3.05) is 26.3 Å². The van der Waals surface area contributed by atoms with Gasteiger partial charge in [-0.2, -0.15) is 13.2 Å². The van der Waals surface area contributed by atoms with Gasteiger partial charge in [0.2, 0.25) is 5.88 Å². The molecule has 1 fully saturated rings. The van der Waals surface area contributed by atoms with Gasteiger partial charge in [0.15, 0.2) is 0 Å². The molecule has 1 aromatic carbocycles. The first kappa shape index (κ1) is 17.6. The molecule has 25 heavy (non-hydrogen) atoms. The highest BCUT2D eigenvalue weighted by Gasteiger charge is 2.30. The molecule has 8 heteroatoms. The summed E-state index contributed by atoms with van der Waals surface area (Å²) >= 11 is 0. The third-order valence-corrected chi connectivity index (χ3v) is 3.80. The Morgan fingerprint density at radius 2 is 2.16 bits per heavy atom. The van der Waals surface area contributed by atoms with Crippen LogP contribution in [0.2, 0.25) is 0 Å². The van der Waals surface area contributed by atoms with Crippen molar-refractivity contribution in [3.8, 4) is 5.88 Å². The van der Waals surface area contributed by atoms with Crippen LogP contribution < -0.4 is 4.74 Å². The summed E-state index contributed by atoms with van der Waals surface area (Å²) in [5.74, 6) is 0.400. The second-order valence-corrected chi connectivity index (χ2v) is 5.79. The van der Waals surface area contributed by atoms with Crippen LogP contribution in [-0.4, -0.2) is 47.3 Å². The van der Waals surface area contributed by atoms with Crippen molar-refractivity contribution in [1.29, 1.82) is 0 Å². The van der Waals surface area contributed by atoms with Crippen molar-refractivity contribution in [3.05, 3.63) is 54.0 Å². The topological polar surface area (TPSA) is 47.5 Å². The van der Waals surface area contributed by atoms with Crippen LogP contribution in [0.1, 0.15) is 11.1 Å². The lowest BCUT2D eigenvalue weighted by Crippen LogP contribution is -2.35.